The molecule has 2 aromatic rings. The van der Waals surface area contributed by atoms with E-state index in [1.807, 2.05) is 12.3 Å². The van der Waals surface area contributed by atoms with Crippen LogP contribution in [-0.4, -0.2) is 4.98 Å². The van der Waals surface area contributed by atoms with Crippen molar-refractivity contribution < 1.29 is 0 Å². The predicted octanol–water partition coefficient (Wildman–Crippen LogP) is 4.87. The van der Waals surface area contributed by atoms with Crippen molar-refractivity contribution in [1.29, 1.82) is 0 Å². The molecule has 1 atom stereocenters. The average molecular weight is 280 g/mol. The van der Waals surface area contributed by atoms with Gasteiger partial charge < -0.3 is 5.32 Å². The molecule has 1 aromatic heterocycles. The molecule has 0 aliphatic heterocycles. The van der Waals surface area contributed by atoms with Gasteiger partial charge in [0.05, 0.1) is 11.7 Å². The highest BCUT2D eigenvalue weighted by Gasteiger charge is 2.24. The zero-order chi connectivity index (χ0) is 14.9. The normalized spacial score (nSPS) is 18.1. The van der Waals surface area contributed by atoms with E-state index in [0.29, 0.717) is 6.04 Å². The molecule has 0 saturated carbocycles. The van der Waals surface area contributed by atoms with Gasteiger partial charge in [0, 0.05) is 11.9 Å². The van der Waals surface area contributed by atoms with Crippen molar-refractivity contribution in [2.24, 2.45) is 0 Å². The van der Waals surface area contributed by atoms with Crippen LogP contribution in [0.1, 0.15) is 56.5 Å². The lowest BCUT2D eigenvalue weighted by Gasteiger charge is -2.29. The van der Waals surface area contributed by atoms with E-state index in [2.05, 4.69) is 61.4 Å². The van der Waals surface area contributed by atoms with Gasteiger partial charge in [0.1, 0.15) is 0 Å². The SMILES string of the molecule is CC(C)(C)c1ccccc1NC1CCCc2cccnc21. The third-order valence-electron chi connectivity index (χ3n) is 4.26. The zero-order valence-corrected chi connectivity index (χ0v) is 13.2. The predicted molar refractivity (Wildman–Crippen MR) is 88.7 cm³/mol. The number of aromatic nitrogens is 1. The maximum atomic E-state index is 4.63. The Balaban J connectivity index is 1.92. The van der Waals surface area contributed by atoms with E-state index in [1.165, 1.54) is 28.9 Å². The Morgan fingerprint density at radius 3 is 2.71 bits per heavy atom. The van der Waals surface area contributed by atoms with Crippen molar-refractivity contribution in [1.82, 2.24) is 4.98 Å². The highest BCUT2D eigenvalue weighted by atomic mass is 15.0. The van der Waals surface area contributed by atoms with Crippen LogP contribution in [0.4, 0.5) is 5.69 Å². The molecule has 0 bridgehead atoms. The largest absolute Gasteiger partial charge is 0.376 e. The maximum Gasteiger partial charge on any atom is 0.0688 e. The summed E-state index contributed by atoms with van der Waals surface area (Å²) >= 11 is 0. The quantitative estimate of drug-likeness (QED) is 0.849. The van der Waals surface area contributed by atoms with Crippen molar-refractivity contribution in [3.05, 3.63) is 59.4 Å². The van der Waals surface area contributed by atoms with Gasteiger partial charge in [0.25, 0.3) is 0 Å². The van der Waals surface area contributed by atoms with Gasteiger partial charge in [-0.25, -0.2) is 0 Å². The van der Waals surface area contributed by atoms with Gasteiger partial charge >= 0.3 is 0 Å². The summed E-state index contributed by atoms with van der Waals surface area (Å²) in [6.07, 6.45) is 5.45. The van der Waals surface area contributed by atoms with Gasteiger partial charge in [-0.05, 0) is 47.9 Å². The third-order valence-corrected chi connectivity index (χ3v) is 4.26. The van der Waals surface area contributed by atoms with Crippen LogP contribution in [0.3, 0.4) is 0 Å². The number of nitrogens with one attached hydrogen (secondary N) is 1. The fraction of sp³-hybridized carbons (Fsp3) is 0.421. The number of fused-ring (bicyclic) bond motifs is 1. The van der Waals surface area contributed by atoms with Gasteiger partial charge in [-0.3, -0.25) is 4.98 Å². The lowest BCUT2D eigenvalue weighted by Crippen LogP contribution is -2.21. The van der Waals surface area contributed by atoms with E-state index in [0.717, 1.165) is 12.8 Å². The number of hydrogen-bond donors (Lipinski definition) is 1. The smallest absolute Gasteiger partial charge is 0.0688 e. The Morgan fingerprint density at radius 2 is 1.90 bits per heavy atom. The van der Waals surface area contributed by atoms with Crippen molar-refractivity contribution in [3.63, 3.8) is 0 Å². The summed E-state index contributed by atoms with van der Waals surface area (Å²) in [5.74, 6) is 0. The fourth-order valence-electron chi connectivity index (χ4n) is 3.20. The Bertz CT molecular complexity index is 625. The molecule has 1 aliphatic rings. The van der Waals surface area contributed by atoms with Crippen molar-refractivity contribution in [2.75, 3.05) is 5.32 Å². The Labute approximate surface area is 127 Å². The molecule has 1 N–H and O–H groups in total. The third kappa shape index (κ3) is 2.94. The van der Waals surface area contributed by atoms with E-state index in [9.17, 15) is 0 Å². The van der Waals surface area contributed by atoms with Crippen LogP contribution in [0.15, 0.2) is 42.6 Å². The van der Waals surface area contributed by atoms with Gasteiger partial charge in [-0.2, -0.15) is 0 Å². The molecule has 1 aliphatic carbocycles. The van der Waals surface area contributed by atoms with Crippen molar-refractivity contribution in [2.45, 2.75) is 51.5 Å². The van der Waals surface area contributed by atoms with Crippen LogP contribution in [-0.2, 0) is 11.8 Å². The molecule has 21 heavy (non-hydrogen) atoms. The second-order valence-electron chi connectivity index (χ2n) is 6.93. The number of rotatable bonds is 2. The average Bonchev–Trinajstić information content (AvgIpc) is 2.47. The molecule has 110 valence electrons. The molecule has 1 aromatic carbocycles. The van der Waals surface area contributed by atoms with Crippen LogP contribution < -0.4 is 5.32 Å². The number of anilines is 1. The Kier molecular flexibility index (Phi) is 3.71. The lowest BCUT2D eigenvalue weighted by atomic mass is 9.85. The van der Waals surface area contributed by atoms with Crippen LogP contribution in [0, 0.1) is 0 Å². The second kappa shape index (κ2) is 5.51. The molecule has 0 amide bonds. The van der Waals surface area contributed by atoms with E-state index >= 15 is 0 Å². The number of benzene rings is 1. The minimum absolute atomic E-state index is 0.144. The molecule has 0 spiro atoms. The maximum absolute atomic E-state index is 4.63. The molecular weight excluding hydrogens is 256 g/mol. The minimum atomic E-state index is 0.144. The highest BCUT2D eigenvalue weighted by Crippen LogP contribution is 2.35. The molecular formula is C19H24N2. The first-order valence-electron chi connectivity index (χ1n) is 7.85. The number of nitrogens with zero attached hydrogens (tertiary/aromatic N) is 1. The summed E-state index contributed by atoms with van der Waals surface area (Å²) in [6.45, 7) is 6.79. The van der Waals surface area contributed by atoms with Crippen molar-refractivity contribution >= 4 is 5.69 Å². The van der Waals surface area contributed by atoms with Gasteiger partial charge in [-0.1, -0.05) is 45.0 Å². The summed E-state index contributed by atoms with van der Waals surface area (Å²) in [6, 6.07) is 13.2. The Hall–Kier alpha value is -1.83. The summed E-state index contributed by atoms with van der Waals surface area (Å²) in [7, 11) is 0. The van der Waals surface area contributed by atoms with Crippen LogP contribution in [0.25, 0.3) is 0 Å². The summed E-state index contributed by atoms with van der Waals surface area (Å²) in [5.41, 5.74) is 5.38. The standard InChI is InChI=1S/C19H24N2/c1-19(2,3)15-10-4-5-11-16(15)21-17-12-6-8-14-9-7-13-20-18(14)17/h4-5,7,9-11,13,17,21H,6,8,12H2,1-3H3. The zero-order valence-electron chi connectivity index (χ0n) is 13.2. The fourth-order valence-corrected chi connectivity index (χ4v) is 3.20. The topological polar surface area (TPSA) is 24.9 Å². The minimum Gasteiger partial charge on any atom is -0.376 e. The summed E-state index contributed by atoms with van der Waals surface area (Å²) in [5, 5.41) is 3.75. The molecule has 2 nitrogen and oxygen atoms in total. The Morgan fingerprint density at radius 1 is 1.10 bits per heavy atom. The first-order chi connectivity index (χ1) is 10.1. The monoisotopic (exact) mass is 280 g/mol. The van der Waals surface area contributed by atoms with Gasteiger partial charge in [0.2, 0.25) is 0 Å². The number of hydrogen-bond acceptors (Lipinski definition) is 2. The van der Waals surface area contributed by atoms with Crippen molar-refractivity contribution in [3.8, 4) is 0 Å². The summed E-state index contributed by atoms with van der Waals surface area (Å²) < 4.78 is 0. The molecule has 0 radical (unpaired) electrons. The number of pyridine rings is 1. The second-order valence-corrected chi connectivity index (χ2v) is 6.93. The first kappa shape index (κ1) is 14.1. The van der Waals surface area contributed by atoms with Crippen LogP contribution in [0.5, 0.6) is 0 Å². The van der Waals surface area contributed by atoms with Crippen LogP contribution in [0.2, 0.25) is 0 Å². The van der Waals surface area contributed by atoms with E-state index in [1.54, 1.807) is 0 Å². The summed E-state index contributed by atoms with van der Waals surface area (Å²) in [4.78, 5) is 4.63. The lowest BCUT2D eigenvalue weighted by molar-refractivity contribution is 0.570. The molecule has 1 unspecified atom stereocenters. The number of aryl methyl sites for hydroxylation is 1. The highest BCUT2D eigenvalue weighted by molar-refractivity contribution is 5.55. The molecule has 0 fully saturated rings. The van der Waals surface area contributed by atoms with Gasteiger partial charge in [0.15, 0.2) is 0 Å². The van der Waals surface area contributed by atoms with E-state index in [4.69, 9.17) is 0 Å². The van der Waals surface area contributed by atoms with Crippen LogP contribution >= 0.6 is 0 Å². The van der Waals surface area contributed by atoms with Gasteiger partial charge in [-0.15, -0.1) is 0 Å². The van der Waals surface area contributed by atoms with E-state index < -0.39 is 0 Å². The molecule has 3 rings (SSSR count). The number of para-hydroxylation sites is 1. The molecule has 2 heteroatoms. The molecule has 1 heterocycles. The molecule has 0 saturated heterocycles. The van der Waals surface area contributed by atoms with E-state index in [-0.39, 0.29) is 5.41 Å². The first-order valence-corrected chi connectivity index (χ1v) is 7.85.